The molecule has 6 nitrogen and oxygen atoms in total. The highest BCUT2D eigenvalue weighted by Gasteiger charge is 2.32. The molecule has 0 saturated carbocycles. The number of rotatable bonds is 3. The minimum Gasteiger partial charge on any atom is -0.458 e. The fraction of sp³-hybridized carbons (Fsp3) is 0.333. The molecule has 0 radical (unpaired) electrons. The number of aliphatic hydroxyl groups excluding tert-OH is 1. The van der Waals surface area contributed by atoms with Crippen LogP contribution in [0, 0.1) is 0 Å². The van der Waals surface area contributed by atoms with E-state index in [0.29, 0.717) is 24.4 Å². The van der Waals surface area contributed by atoms with E-state index in [1.807, 2.05) is 24.3 Å². The second kappa shape index (κ2) is 5.21. The molecule has 6 heteroatoms. The standard InChI is InChI=1S/C15H16N2O4/c1-16-6-7-17(15(20)14(16)19)9-11(18)13-8-10-4-2-3-5-12(10)21-13/h2-5,8,11,18H,6-7,9H2,1H3. The molecule has 1 aromatic heterocycles. The highest BCUT2D eigenvalue weighted by atomic mass is 16.4. The number of para-hydroxylation sites is 1. The van der Waals surface area contributed by atoms with Gasteiger partial charge in [-0.25, -0.2) is 0 Å². The Kier molecular flexibility index (Phi) is 3.39. The van der Waals surface area contributed by atoms with E-state index < -0.39 is 17.9 Å². The summed E-state index contributed by atoms with van der Waals surface area (Å²) in [6.07, 6.45) is -0.947. The third kappa shape index (κ3) is 2.50. The maximum absolute atomic E-state index is 11.9. The summed E-state index contributed by atoms with van der Waals surface area (Å²) < 4.78 is 5.57. The van der Waals surface area contributed by atoms with Crippen molar-refractivity contribution in [3.63, 3.8) is 0 Å². The highest BCUT2D eigenvalue weighted by Crippen LogP contribution is 2.24. The van der Waals surface area contributed by atoms with Gasteiger partial charge in [-0.05, 0) is 12.1 Å². The van der Waals surface area contributed by atoms with Crippen molar-refractivity contribution in [2.24, 2.45) is 0 Å². The number of piperazine rings is 1. The van der Waals surface area contributed by atoms with E-state index in [1.54, 1.807) is 13.1 Å². The lowest BCUT2D eigenvalue weighted by Gasteiger charge is -2.32. The van der Waals surface area contributed by atoms with Gasteiger partial charge in [0.2, 0.25) is 0 Å². The first-order valence-electron chi connectivity index (χ1n) is 6.77. The topological polar surface area (TPSA) is 74.0 Å². The lowest BCUT2D eigenvalue weighted by Crippen LogP contribution is -2.53. The molecule has 1 fully saturated rings. The van der Waals surface area contributed by atoms with Crippen LogP contribution in [0.25, 0.3) is 11.0 Å². The van der Waals surface area contributed by atoms with Crippen LogP contribution in [-0.4, -0.2) is 53.4 Å². The number of benzene rings is 1. The first-order chi connectivity index (χ1) is 10.1. The van der Waals surface area contributed by atoms with Gasteiger partial charge < -0.3 is 19.3 Å². The molecule has 1 unspecified atom stereocenters. The van der Waals surface area contributed by atoms with Crippen molar-refractivity contribution < 1.29 is 19.1 Å². The Labute approximate surface area is 121 Å². The molecule has 0 spiro atoms. The van der Waals surface area contributed by atoms with Crippen molar-refractivity contribution in [3.8, 4) is 0 Å². The molecule has 1 aliphatic heterocycles. The number of hydrogen-bond donors (Lipinski definition) is 1. The zero-order chi connectivity index (χ0) is 15.0. The predicted molar refractivity (Wildman–Crippen MR) is 75.4 cm³/mol. The van der Waals surface area contributed by atoms with Crippen LogP contribution in [0.1, 0.15) is 11.9 Å². The van der Waals surface area contributed by atoms with Gasteiger partial charge in [0, 0.05) is 25.5 Å². The average Bonchev–Trinajstić information content (AvgIpc) is 2.92. The van der Waals surface area contributed by atoms with Crippen LogP contribution in [0.5, 0.6) is 0 Å². The summed E-state index contributed by atoms with van der Waals surface area (Å²) in [7, 11) is 1.59. The Balaban J connectivity index is 1.75. The van der Waals surface area contributed by atoms with Crippen LogP contribution in [0.3, 0.4) is 0 Å². The summed E-state index contributed by atoms with van der Waals surface area (Å²) >= 11 is 0. The predicted octanol–water partition coefficient (Wildman–Crippen LogP) is 0.767. The van der Waals surface area contributed by atoms with Crippen molar-refractivity contribution in [2.45, 2.75) is 6.10 Å². The molecule has 1 aliphatic rings. The van der Waals surface area contributed by atoms with Gasteiger partial charge in [0.1, 0.15) is 17.4 Å². The van der Waals surface area contributed by atoms with Gasteiger partial charge >= 0.3 is 11.8 Å². The Hall–Kier alpha value is -2.34. The van der Waals surface area contributed by atoms with Gasteiger partial charge in [0.05, 0.1) is 6.54 Å². The van der Waals surface area contributed by atoms with Crippen molar-refractivity contribution in [3.05, 3.63) is 36.1 Å². The lowest BCUT2D eigenvalue weighted by atomic mass is 10.2. The molecular formula is C15H16N2O4. The molecule has 1 aromatic carbocycles. The van der Waals surface area contributed by atoms with Crippen LogP contribution < -0.4 is 0 Å². The van der Waals surface area contributed by atoms with E-state index in [0.717, 1.165) is 5.39 Å². The molecule has 3 rings (SSSR count). The van der Waals surface area contributed by atoms with Gasteiger partial charge in [-0.2, -0.15) is 0 Å². The molecule has 1 saturated heterocycles. The Bertz CT molecular complexity index is 661. The van der Waals surface area contributed by atoms with Crippen molar-refractivity contribution in [2.75, 3.05) is 26.7 Å². The number of furan rings is 1. The number of hydrogen-bond acceptors (Lipinski definition) is 4. The molecule has 2 heterocycles. The van der Waals surface area contributed by atoms with E-state index in [9.17, 15) is 14.7 Å². The van der Waals surface area contributed by atoms with Crippen LogP contribution in [0.2, 0.25) is 0 Å². The number of aliphatic hydroxyl groups is 1. The van der Waals surface area contributed by atoms with Gasteiger partial charge in [0.25, 0.3) is 0 Å². The van der Waals surface area contributed by atoms with Crippen molar-refractivity contribution in [1.29, 1.82) is 0 Å². The molecule has 0 bridgehead atoms. The number of β-amino-alcohol motifs (C(OH)–C–C–N with tert-alkyl or cyclic N) is 1. The highest BCUT2D eigenvalue weighted by molar-refractivity contribution is 6.35. The van der Waals surface area contributed by atoms with E-state index in [1.165, 1.54) is 9.80 Å². The van der Waals surface area contributed by atoms with Crippen molar-refractivity contribution >= 4 is 22.8 Å². The average molecular weight is 288 g/mol. The SMILES string of the molecule is CN1CCN(CC(O)c2cc3ccccc3o2)C(=O)C1=O. The number of amides is 2. The Morgan fingerprint density at radius 1 is 1.24 bits per heavy atom. The largest absolute Gasteiger partial charge is 0.458 e. The van der Waals surface area contributed by atoms with E-state index in [-0.39, 0.29) is 6.54 Å². The quantitative estimate of drug-likeness (QED) is 0.847. The summed E-state index contributed by atoms with van der Waals surface area (Å²) in [6, 6.07) is 9.19. The smallest absolute Gasteiger partial charge is 0.312 e. The molecule has 1 atom stereocenters. The summed E-state index contributed by atoms with van der Waals surface area (Å²) in [4.78, 5) is 26.2. The van der Waals surface area contributed by atoms with Crippen LogP contribution in [0.15, 0.2) is 34.7 Å². The van der Waals surface area contributed by atoms with Gasteiger partial charge in [-0.1, -0.05) is 18.2 Å². The third-order valence-corrected chi connectivity index (χ3v) is 3.69. The number of carbonyl (C=O) groups excluding carboxylic acids is 2. The minimum absolute atomic E-state index is 0.0538. The normalized spacial score (nSPS) is 17.6. The number of nitrogens with zero attached hydrogens (tertiary/aromatic N) is 2. The number of fused-ring (bicyclic) bond motifs is 1. The Morgan fingerprint density at radius 3 is 2.76 bits per heavy atom. The molecule has 110 valence electrons. The molecule has 21 heavy (non-hydrogen) atoms. The zero-order valence-electron chi connectivity index (χ0n) is 11.7. The minimum atomic E-state index is -0.947. The Morgan fingerprint density at radius 2 is 2.00 bits per heavy atom. The van der Waals surface area contributed by atoms with E-state index in [2.05, 4.69) is 0 Å². The van der Waals surface area contributed by atoms with E-state index in [4.69, 9.17) is 4.42 Å². The van der Waals surface area contributed by atoms with Gasteiger partial charge in [-0.15, -0.1) is 0 Å². The lowest BCUT2D eigenvalue weighted by molar-refractivity contribution is -0.156. The summed E-state index contributed by atoms with van der Waals surface area (Å²) in [5, 5.41) is 11.1. The fourth-order valence-electron chi connectivity index (χ4n) is 2.41. The van der Waals surface area contributed by atoms with Gasteiger partial charge in [0.15, 0.2) is 0 Å². The third-order valence-electron chi connectivity index (χ3n) is 3.69. The first kappa shape index (κ1) is 13.6. The molecule has 1 N–H and O–H groups in total. The van der Waals surface area contributed by atoms with E-state index >= 15 is 0 Å². The van der Waals surface area contributed by atoms with Crippen LogP contribution >= 0.6 is 0 Å². The van der Waals surface area contributed by atoms with Crippen LogP contribution in [0.4, 0.5) is 0 Å². The second-order valence-corrected chi connectivity index (χ2v) is 5.18. The van der Waals surface area contributed by atoms with Gasteiger partial charge in [-0.3, -0.25) is 9.59 Å². The molecular weight excluding hydrogens is 272 g/mol. The molecule has 2 aromatic rings. The summed E-state index contributed by atoms with van der Waals surface area (Å²) in [6.45, 7) is 0.939. The maximum Gasteiger partial charge on any atom is 0.312 e. The monoisotopic (exact) mass is 288 g/mol. The van der Waals surface area contributed by atoms with Crippen molar-refractivity contribution in [1.82, 2.24) is 9.80 Å². The molecule has 0 aliphatic carbocycles. The number of likely N-dealkylation sites (N-methyl/N-ethyl adjacent to an activating group) is 1. The van der Waals surface area contributed by atoms with Crippen LogP contribution in [-0.2, 0) is 9.59 Å². The fourth-order valence-corrected chi connectivity index (χ4v) is 2.41. The first-order valence-corrected chi connectivity index (χ1v) is 6.77. The number of carbonyl (C=O) groups is 2. The summed E-state index contributed by atoms with van der Waals surface area (Å²) in [5.74, 6) is -0.729. The maximum atomic E-state index is 11.9. The zero-order valence-corrected chi connectivity index (χ0v) is 11.7. The second-order valence-electron chi connectivity index (χ2n) is 5.18. The molecule has 2 amide bonds. The summed E-state index contributed by atoms with van der Waals surface area (Å²) in [5.41, 5.74) is 0.687.